The number of benzene rings is 1. The quantitative estimate of drug-likeness (QED) is 0.857. The van der Waals surface area contributed by atoms with Crippen LogP contribution in [0.2, 0.25) is 0 Å². The Hall–Kier alpha value is -2.02. The molecule has 0 aliphatic carbocycles. The van der Waals surface area contributed by atoms with E-state index >= 15 is 0 Å². The van der Waals surface area contributed by atoms with Gasteiger partial charge in [0.05, 0.1) is 5.56 Å². The first-order chi connectivity index (χ1) is 9.71. The predicted molar refractivity (Wildman–Crippen MR) is 64.4 cm³/mol. The average molecular weight is 303 g/mol. The van der Waals surface area contributed by atoms with Gasteiger partial charge >= 0.3 is 6.18 Å². The minimum absolute atomic E-state index is 0.0166. The number of nitrogens with zero attached hydrogens (tertiary/aromatic N) is 1. The zero-order valence-corrected chi connectivity index (χ0v) is 10.7. The van der Waals surface area contributed by atoms with Crippen LogP contribution >= 0.6 is 0 Å². The van der Waals surface area contributed by atoms with E-state index in [0.29, 0.717) is 12.1 Å². The van der Waals surface area contributed by atoms with Gasteiger partial charge in [0.15, 0.2) is 0 Å². The normalized spacial score (nSPS) is 13.3. The number of alkyl halides is 3. The van der Waals surface area contributed by atoms with Gasteiger partial charge < -0.3 is 5.11 Å². The maximum Gasteiger partial charge on any atom is 0.416 e. The number of pyridine rings is 1. The molecule has 0 amide bonds. The number of halogens is 5. The number of hydrogen-bond acceptors (Lipinski definition) is 2. The summed E-state index contributed by atoms with van der Waals surface area (Å²) < 4.78 is 65.5. The summed E-state index contributed by atoms with van der Waals surface area (Å²) in [6.45, 7) is 1.32. The first-order valence-electron chi connectivity index (χ1n) is 5.86. The summed E-state index contributed by atoms with van der Waals surface area (Å²) in [5.41, 5.74) is -2.13. The molecule has 1 atom stereocenters. The van der Waals surface area contributed by atoms with Crippen molar-refractivity contribution < 1.29 is 27.1 Å². The van der Waals surface area contributed by atoms with Crippen LogP contribution in [0.4, 0.5) is 22.0 Å². The van der Waals surface area contributed by atoms with E-state index < -0.39 is 40.6 Å². The molecule has 2 rings (SSSR count). The Labute approximate surface area is 116 Å². The van der Waals surface area contributed by atoms with Gasteiger partial charge in [0, 0.05) is 29.6 Å². The Kier molecular flexibility index (Phi) is 3.95. The smallest absolute Gasteiger partial charge is 0.383 e. The second kappa shape index (κ2) is 5.40. The molecule has 21 heavy (non-hydrogen) atoms. The van der Waals surface area contributed by atoms with Crippen molar-refractivity contribution in [2.75, 3.05) is 0 Å². The fourth-order valence-electron chi connectivity index (χ4n) is 1.94. The standard InChI is InChI=1S/C14H10F5NO/c1-7-4-8(12(16)5-11(7)15)13(21)9-6-20-3-2-10(9)14(17,18)19/h2-6,13,21H,1H3. The number of rotatable bonds is 2. The van der Waals surface area contributed by atoms with Crippen LogP contribution in [-0.4, -0.2) is 10.1 Å². The summed E-state index contributed by atoms with van der Waals surface area (Å²) in [5.74, 6) is -1.96. The monoisotopic (exact) mass is 303 g/mol. The van der Waals surface area contributed by atoms with Gasteiger partial charge in [0.25, 0.3) is 0 Å². The van der Waals surface area contributed by atoms with Crippen LogP contribution in [0.1, 0.15) is 28.4 Å². The van der Waals surface area contributed by atoms with Crippen molar-refractivity contribution in [1.82, 2.24) is 4.98 Å². The van der Waals surface area contributed by atoms with Crippen LogP contribution in [0, 0.1) is 18.6 Å². The second-order valence-electron chi connectivity index (χ2n) is 4.49. The Morgan fingerprint density at radius 1 is 1.10 bits per heavy atom. The Morgan fingerprint density at radius 2 is 1.76 bits per heavy atom. The molecule has 1 heterocycles. The number of aromatic nitrogens is 1. The molecule has 2 aromatic rings. The lowest BCUT2D eigenvalue weighted by atomic mass is 9.96. The predicted octanol–water partition coefficient (Wildman–Crippen LogP) is 3.77. The van der Waals surface area contributed by atoms with Crippen molar-refractivity contribution in [2.45, 2.75) is 19.2 Å². The molecule has 1 aromatic carbocycles. The van der Waals surface area contributed by atoms with E-state index in [2.05, 4.69) is 4.98 Å². The summed E-state index contributed by atoms with van der Waals surface area (Å²) in [5, 5.41) is 10.0. The molecule has 7 heteroatoms. The van der Waals surface area contributed by atoms with Gasteiger partial charge in [-0.05, 0) is 24.6 Å². The van der Waals surface area contributed by atoms with Gasteiger partial charge in [-0.15, -0.1) is 0 Å². The van der Waals surface area contributed by atoms with Crippen molar-refractivity contribution >= 4 is 0 Å². The highest BCUT2D eigenvalue weighted by Gasteiger charge is 2.35. The average Bonchev–Trinajstić information content (AvgIpc) is 2.41. The SMILES string of the molecule is Cc1cc(C(O)c2cnccc2C(F)(F)F)c(F)cc1F. The summed E-state index contributed by atoms with van der Waals surface area (Å²) in [6, 6.07) is 2.19. The van der Waals surface area contributed by atoms with E-state index in [1.165, 1.54) is 6.92 Å². The molecule has 0 spiro atoms. The molecule has 0 saturated carbocycles. The molecule has 0 aliphatic heterocycles. The van der Waals surface area contributed by atoms with Crippen molar-refractivity contribution in [3.8, 4) is 0 Å². The molecular formula is C14H10F5NO. The third-order valence-corrected chi connectivity index (χ3v) is 3.02. The molecule has 1 N–H and O–H groups in total. The maximum absolute atomic E-state index is 13.7. The van der Waals surface area contributed by atoms with Crippen LogP contribution in [-0.2, 0) is 6.18 Å². The zero-order valence-electron chi connectivity index (χ0n) is 10.7. The largest absolute Gasteiger partial charge is 0.416 e. The van der Waals surface area contributed by atoms with Crippen molar-refractivity contribution in [2.24, 2.45) is 0 Å². The maximum atomic E-state index is 13.7. The van der Waals surface area contributed by atoms with Crippen LogP contribution in [0.3, 0.4) is 0 Å². The molecule has 0 aliphatic rings. The van der Waals surface area contributed by atoms with Crippen LogP contribution in [0.15, 0.2) is 30.6 Å². The second-order valence-corrected chi connectivity index (χ2v) is 4.49. The lowest BCUT2D eigenvalue weighted by Crippen LogP contribution is -2.14. The molecule has 1 unspecified atom stereocenters. The first-order valence-corrected chi connectivity index (χ1v) is 5.86. The summed E-state index contributed by atoms with van der Waals surface area (Å²) in [7, 11) is 0. The molecule has 2 nitrogen and oxygen atoms in total. The molecule has 0 radical (unpaired) electrons. The van der Waals surface area contributed by atoms with Crippen molar-refractivity contribution in [3.05, 3.63) is 64.5 Å². The van der Waals surface area contributed by atoms with Crippen LogP contribution < -0.4 is 0 Å². The van der Waals surface area contributed by atoms with E-state index in [1.807, 2.05) is 0 Å². The van der Waals surface area contributed by atoms with E-state index in [4.69, 9.17) is 0 Å². The van der Waals surface area contributed by atoms with Gasteiger partial charge in [-0.1, -0.05) is 0 Å². The highest BCUT2D eigenvalue weighted by atomic mass is 19.4. The Bertz CT molecular complexity index is 669. The number of aliphatic hydroxyl groups excluding tert-OH is 1. The summed E-state index contributed by atoms with van der Waals surface area (Å²) in [6.07, 6.45) is -4.88. The third kappa shape index (κ3) is 3.02. The van der Waals surface area contributed by atoms with E-state index in [0.717, 1.165) is 18.5 Å². The summed E-state index contributed by atoms with van der Waals surface area (Å²) in [4.78, 5) is 3.52. The van der Waals surface area contributed by atoms with E-state index in [-0.39, 0.29) is 5.56 Å². The van der Waals surface area contributed by atoms with Gasteiger partial charge in [-0.2, -0.15) is 13.2 Å². The molecule has 0 bridgehead atoms. The minimum atomic E-state index is -4.72. The fourth-order valence-corrected chi connectivity index (χ4v) is 1.94. The third-order valence-electron chi connectivity index (χ3n) is 3.02. The lowest BCUT2D eigenvalue weighted by molar-refractivity contribution is -0.139. The summed E-state index contributed by atoms with van der Waals surface area (Å²) >= 11 is 0. The van der Waals surface area contributed by atoms with Gasteiger partial charge in [-0.25, -0.2) is 8.78 Å². The number of aliphatic hydroxyl groups is 1. The van der Waals surface area contributed by atoms with Gasteiger partial charge in [-0.3, -0.25) is 4.98 Å². The minimum Gasteiger partial charge on any atom is -0.383 e. The van der Waals surface area contributed by atoms with Gasteiger partial charge in [0.1, 0.15) is 17.7 Å². The molecule has 1 aromatic heterocycles. The lowest BCUT2D eigenvalue weighted by Gasteiger charge is -2.18. The molecular weight excluding hydrogens is 293 g/mol. The topological polar surface area (TPSA) is 33.1 Å². The highest BCUT2D eigenvalue weighted by Crippen LogP contribution is 2.36. The number of aryl methyl sites for hydroxylation is 1. The Balaban J connectivity index is 2.56. The van der Waals surface area contributed by atoms with E-state index in [1.54, 1.807) is 0 Å². The fraction of sp³-hybridized carbons (Fsp3) is 0.214. The van der Waals surface area contributed by atoms with Crippen LogP contribution in [0.5, 0.6) is 0 Å². The van der Waals surface area contributed by atoms with Crippen molar-refractivity contribution in [3.63, 3.8) is 0 Å². The van der Waals surface area contributed by atoms with Crippen LogP contribution in [0.25, 0.3) is 0 Å². The first kappa shape index (κ1) is 15.4. The zero-order chi connectivity index (χ0) is 15.8. The molecule has 112 valence electrons. The highest BCUT2D eigenvalue weighted by molar-refractivity contribution is 5.37. The van der Waals surface area contributed by atoms with Crippen molar-refractivity contribution in [1.29, 1.82) is 0 Å². The Morgan fingerprint density at radius 3 is 2.38 bits per heavy atom. The van der Waals surface area contributed by atoms with Gasteiger partial charge in [0.2, 0.25) is 0 Å². The van der Waals surface area contributed by atoms with E-state index in [9.17, 15) is 27.1 Å². The number of hydrogen-bond donors (Lipinski definition) is 1. The molecule has 0 saturated heterocycles. The molecule has 0 fully saturated rings.